The largest absolute Gasteiger partial charge is 0.497 e. The molecule has 5 rings (SSSR count). The molecule has 2 heterocycles. The van der Waals surface area contributed by atoms with E-state index < -0.39 is 10.0 Å². The lowest BCUT2D eigenvalue weighted by atomic mass is 10.2. The second-order valence-electron chi connectivity index (χ2n) is 8.67. The van der Waals surface area contributed by atoms with Crippen LogP contribution in [0.3, 0.4) is 0 Å². The number of fused-ring (bicyclic) bond motifs is 1. The lowest BCUT2D eigenvalue weighted by Crippen LogP contribution is -2.40. The van der Waals surface area contributed by atoms with Gasteiger partial charge in [-0.05, 0) is 36.4 Å². The van der Waals surface area contributed by atoms with Crippen LogP contribution in [0.5, 0.6) is 11.5 Å². The number of morpholine rings is 1. The van der Waals surface area contributed by atoms with Crippen LogP contribution in [0, 0.1) is 0 Å². The Hall–Kier alpha value is -4.42. The highest BCUT2D eigenvalue weighted by Crippen LogP contribution is 2.31. The number of carbonyl (C=O) groups excluding carboxylic acids is 1. The van der Waals surface area contributed by atoms with Gasteiger partial charge in [0, 0.05) is 42.5 Å². The summed E-state index contributed by atoms with van der Waals surface area (Å²) in [6, 6.07) is 18.1. The number of aromatic nitrogens is 2. The summed E-state index contributed by atoms with van der Waals surface area (Å²) in [6.07, 6.45) is 0. The summed E-state index contributed by atoms with van der Waals surface area (Å²) >= 11 is 0. The second kappa shape index (κ2) is 11.1. The van der Waals surface area contributed by atoms with Crippen LogP contribution < -0.4 is 19.5 Å². The fourth-order valence-electron chi connectivity index (χ4n) is 4.09. The normalized spacial score (nSPS) is 13.6. The molecule has 1 amide bonds. The summed E-state index contributed by atoms with van der Waals surface area (Å²) in [5.74, 6) is 1.10. The van der Waals surface area contributed by atoms with Crippen LogP contribution in [-0.4, -0.2) is 69.7 Å². The first-order valence-corrected chi connectivity index (χ1v) is 13.6. The lowest BCUT2D eigenvalue weighted by Gasteiger charge is -2.26. The highest BCUT2D eigenvalue weighted by Gasteiger charge is 2.22. The van der Waals surface area contributed by atoms with Crippen molar-refractivity contribution < 1.29 is 27.4 Å². The number of carbonyl (C=O) groups is 1. The third-order valence-corrected chi connectivity index (χ3v) is 7.48. The summed E-state index contributed by atoms with van der Waals surface area (Å²) in [4.78, 5) is 23.5. The number of hydrogen-bond acceptors (Lipinski definition) is 9. The van der Waals surface area contributed by atoms with Gasteiger partial charge in [-0.1, -0.05) is 12.1 Å². The van der Waals surface area contributed by atoms with E-state index in [1.807, 2.05) is 6.07 Å². The van der Waals surface area contributed by atoms with Crippen molar-refractivity contribution in [3.63, 3.8) is 0 Å². The topological polar surface area (TPSA) is 132 Å². The van der Waals surface area contributed by atoms with Crippen LogP contribution >= 0.6 is 0 Å². The van der Waals surface area contributed by atoms with Gasteiger partial charge in [0.15, 0.2) is 11.6 Å². The summed E-state index contributed by atoms with van der Waals surface area (Å²) in [6.45, 7) is 1.95. The fourth-order valence-corrected chi connectivity index (χ4v) is 5.10. The maximum Gasteiger partial charge on any atom is 0.263 e. The third kappa shape index (κ3) is 5.86. The zero-order valence-electron chi connectivity index (χ0n) is 21.4. The summed E-state index contributed by atoms with van der Waals surface area (Å²) in [5, 5.41) is 3.13. The predicted molar refractivity (Wildman–Crippen MR) is 146 cm³/mol. The van der Waals surface area contributed by atoms with E-state index in [1.165, 1.54) is 38.5 Å². The summed E-state index contributed by atoms with van der Waals surface area (Å²) < 4.78 is 45.3. The number of anilines is 3. The van der Waals surface area contributed by atoms with E-state index in [2.05, 4.69) is 20.0 Å². The van der Waals surface area contributed by atoms with E-state index in [0.717, 1.165) is 0 Å². The number of rotatable bonds is 8. The van der Waals surface area contributed by atoms with Gasteiger partial charge >= 0.3 is 0 Å². The Labute approximate surface area is 225 Å². The molecular formula is C27H27N5O6S. The summed E-state index contributed by atoms with van der Waals surface area (Å²) in [7, 11) is -1.01. The molecule has 12 heteroatoms. The molecule has 1 aliphatic heterocycles. The SMILES string of the molecule is COc1cc(Nc2nc3ccccc3nc2NS(=O)(=O)c2ccc(C(=O)N3CCOCC3)cc2)cc(OC)c1. The van der Waals surface area contributed by atoms with Gasteiger partial charge in [-0.3, -0.25) is 9.52 Å². The molecule has 11 nitrogen and oxygen atoms in total. The van der Waals surface area contributed by atoms with Gasteiger partial charge in [0.25, 0.3) is 15.9 Å². The molecule has 0 bridgehead atoms. The van der Waals surface area contributed by atoms with Gasteiger partial charge in [-0.2, -0.15) is 0 Å². The highest BCUT2D eigenvalue weighted by molar-refractivity contribution is 7.92. The Morgan fingerprint density at radius 1 is 0.872 bits per heavy atom. The first kappa shape index (κ1) is 26.2. The average Bonchev–Trinajstić information content (AvgIpc) is 2.97. The molecule has 1 saturated heterocycles. The molecule has 0 saturated carbocycles. The molecule has 3 aromatic carbocycles. The van der Waals surface area contributed by atoms with E-state index in [0.29, 0.717) is 60.1 Å². The lowest BCUT2D eigenvalue weighted by molar-refractivity contribution is 0.0303. The zero-order valence-corrected chi connectivity index (χ0v) is 22.2. The van der Waals surface area contributed by atoms with Gasteiger partial charge in [0.1, 0.15) is 11.5 Å². The molecule has 0 aliphatic carbocycles. The minimum absolute atomic E-state index is 0.00366. The Bertz CT molecular complexity index is 1580. The van der Waals surface area contributed by atoms with Crippen molar-refractivity contribution in [3.8, 4) is 11.5 Å². The average molecular weight is 550 g/mol. The van der Waals surface area contributed by atoms with Crippen LogP contribution in [0.15, 0.2) is 71.6 Å². The van der Waals surface area contributed by atoms with Crippen molar-refractivity contribution >= 4 is 44.3 Å². The van der Waals surface area contributed by atoms with Crippen LogP contribution in [0.1, 0.15) is 10.4 Å². The van der Waals surface area contributed by atoms with E-state index in [9.17, 15) is 13.2 Å². The number of nitrogens with zero attached hydrogens (tertiary/aromatic N) is 3. The molecule has 0 spiro atoms. The molecule has 2 N–H and O–H groups in total. The van der Waals surface area contributed by atoms with Crippen molar-refractivity contribution in [1.82, 2.24) is 14.9 Å². The van der Waals surface area contributed by atoms with Crippen LogP contribution in [0.4, 0.5) is 17.3 Å². The first-order chi connectivity index (χ1) is 18.9. The monoisotopic (exact) mass is 549 g/mol. The van der Waals surface area contributed by atoms with Gasteiger partial charge in [-0.15, -0.1) is 0 Å². The number of benzene rings is 3. The van der Waals surface area contributed by atoms with E-state index in [-0.39, 0.29) is 22.4 Å². The third-order valence-electron chi connectivity index (χ3n) is 6.13. The molecule has 0 atom stereocenters. The first-order valence-electron chi connectivity index (χ1n) is 12.1. The number of amides is 1. The maximum absolute atomic E-state index is 13.4. The molecule has 4 aromatic rings. The fraction of sp³-hybridized carbons (Fsp3) is 0.222. The van der Waals surface area contributed by atoms with Crippen molar-refractivity contribution in [2.45, 2.75) is 4.90 Å². The molecule has 1 aliphatic rings. The van der Waals surface area contributed by atoms with Crippen LogP contribution in [-0.2, 0) is 14.8 Å². The predicted octanol–water partition coefficient (Wildman–Crippen LogP) is 3.66. The molecule has 0 radical (unpaired) electrons. The second-order valence-corrected chi connectivity index (χ2v) is 10.4. The number of nitrogens with one attached hydrogen (secondary N) is 2. The minimum Gasteiger partial charge on any atom is -0.497 e. The van der Waals surface area contributed by atoms with Gasteiger partial charge in [0.05, 0.1) is 43.4 Å². The summed E-state index contributed by atoms with van der Waals surface area (Å²) in [5.41, 5.74) is 2.04. The van der Waals surface area contributed by atoms with Crippen molar-refractivity contribution in [3.05, 3.63) is 72.3 Å². The van der Waals surface area contributed by atoms with E-state index >= 15 is 0 Å². The van der Waals surface area contributed by atoms with Gasteiger partial charge < -0.3 is 24.4 Å². The van der Waals surface area contributed by atoms with Gasteiger partial charge in [-0.25, -0.2) is 18.4 Å². The van der Waals surface area contributed by atoms with Crippen LogP contribution in [0.25, 0.3) is 11.0 Å². The molecule has 202 valence electrons. The standard InChI is InChI=1S/C27H27N5O6S/c1-36-20-15-19(16-21(17-20)37-2)28-25-26(30-24-6-4-3-5-23(24)29-25)31-39(34,35)22-9-7-18(8-10-22)27(33)32-11-13-38-14-12-32/h3-10,15-17H,11-14H2,1-2H3,(H,28,29)(H,30,31). The smallest absolute Gasteiger partial charge is 0.263 e. The quantitative estimate of drug-likeness (QED) is 0.338. The molecule has 1 aromatic heterocycles. The zero-order chi connectivity index (χ0) is 27.4. The minimum atomic E-state index is -4.08. The molecular weight excluding hydrogens is 522 g/mol. The number of para-hydroxylation sites is 2. The molecule has 39 heavy (non-hydrogen) atoms. The van der Waals surface area contributed by atoms with Crippen molar-refractivity contribution in [1.29, 1.82) is 0 Å². The number of methoxy groups -OCH3 is 2. The Kier molecular flexibility index (Phi) is 7.48. The van der Waals surface area contributed by atoms with Crippen LogP contribution in [0.2, 0.25) is 0 Å². The van der Waals surface area contributed by atoms with E-state index in [4.69, 9.17) is 14.2 Å². The number of sulfonamides is 1. The van der Waals surface area contributed by atoms with Crippen molar-refractivity contribution in [2.24, 2.45) is 0 Å². The van der Waals surface area contributed by atoms with E-state index in [1.54, 1.807) is 41.3 Å². The highest BCUT2D eigenvalue weighted by atomic mass is 32.2. The number of ether oxygens (including phenoxy) is 3. The Balaban J connectivity index is 1.45. The Morgan fingerprint density at radius 2 is 1.46 bits per heavy atom. The van der Waals surface area contributed by atoms with Crippen molar-refractivity contribution in [2.75, 3.05) is 50.6 Å². The maximum atomic E-state index is 13.4. The number of hydrogen-bond donors (Lipinski definition) is 2. The Morgan fingerprint density at radius 3 is 2.05 bits per heavy atom. The van der Waals surface area contributed by atoms with Gasteiger partial charge in [0.2, 0.25) is 0 Å². The molecule has 0 unspecified atom stereocenters. The molecule has 1 fully saturated rings.